The first-order valence-corrected chi connectivity index (χ1v) is 5.49. The Bertz CT molecular complexity index is 367. The second kappa shape index (κ2) is 3.32. The van der Waals surface area contributed by atoms with Crippen LogP contribution in [-0.2, 0) is 11.0 Å². The zero-order chi connectivity index (χ0) is 11.1. The Morgan fingerprint density at radius 1 is 1.33 bits per heavy atom. The van der Waals surface area contributed by atoms with Crippen molar-refractivity contribution in [3.05, 3.63) is 35.4 Å². The number of aliphatic hydroxyl groups excluding tert-OH is 1. The van der Waals surface area contributed by atoms with Gasteiger partial charge in [-0.15, -0.1) is 0 Å². The van der Waals surface area contributed by atoms with Gasteiger partial charge in [0.05, 0.1) is 6.61 Å². The molecular formula is C13H19NO. The predicted molar refractivity (Wildman–Crippen MR) is 61.7 cm³/mol. The predicted octanol–water partition coefficient (Wildman–Crippen LogP) is 1.90. The third kappa shape index (κ3) is 1.80. The number of hydrogen-bond acceptors (Lipinski definition) is 2. The monoisotopic (exact) mass is 205 g/mol. The second-order valence-electron chi connectivity index (χ2n) is 5.24. The zero-order valence-electron chi connectivity index (χ0n) is 9.46. The Hall–Kier alpha value is -0.860. The fraction of sp³-hybridized carbons (Fsp3) is 0.538. The van der Waals surface area contributed by atoms with E-state index in [2.05, 4.69) is 26.0 Å². The summed E-state index contributed by atoms with van der Waals surface area (Å²) in [5.74, 6) is 0. The molecule has 2 rings (SSSR count). The molecule has 0 amide bonds. The van der Waals surface area contributed by atoms with E-state index in [0.717, 1.165) is 12.8 Å². The van der Waals surface area contributed by atoms with Crippen molar-refractivity contribution >= 4 is 0 Å². The van der Waals surface area contributed by atoms with Crippen molar-refractivity contribution in [1.82, 2.24) is 0 Å². The number of rotatable bonds is 3. The molecule has 1 saturated carbocycles. The van der Waals surface area contributed by atoms with Crippen LogP contribution in [0, 0.1) is 0 Å². The molecule has 0 bridgehead atoms. The smallest absolute Gasteiger partial charge is 0.0522 e. The number of aliphatic hydroxyl groups is 1. The van der Waals surface area contributed by atoms with Gasteiger partial charge in [-0.1, -0.05) is 38.1 Å². The lowest BCUT2D eigenvalue weighted by molar-refractivity contribution is 0.217. The van der Waals surface area contributed by atoms with Crippen molar-refractivity contribution in [2.75, 3.05) is 6.61 Å². The van der Waals surface area contributed by atoms with Crippen LogP contribution in [0.4, 0.5) is 0 Å². The molecule has 1 aliphatic carbocycles. The van der Waals surface area contributed by atoms with Crippen LogP contribution in [0.1, 0.15) is 37.8 Å². The van der Waals surface area contributed by atoms with Gasteiger partial charge in [0.2, 0.25) is 0 Å². The molecular weight excluding hydrogens is 186 g/mol. The van der Waals surface area contributed by atoms with Crippen molar-refractivity contribution in [1.29, 1.82) is 0 Å². The molecule has 1 aromatic carbocycles. The van der Waals surface area contributed by atoms with Crippen molar-refractivity contribution in [2.24, 2.45) is 5.73 Å². The average molecular weight is 205 g/mol. The molecule has 0 spiro atoms. The van der Waals surface area contributed by atoms with E-state index in [1.54, 1.807) is 0 Å². The van der Waals surface area contributed by atoms with Crippen LogP contribution < -0.4 is 5.73 Å². The van der Waals surface area contributed by atoms with E-state index in [-0.39, 0.29) is 17.6 Å². The summed E-state index contributed by atoms with van der Waals surface area (Å²) in [4.78, 5) is 0. The molecule has 0 aromatic heterocycles. The summed E-state index contributed by atoms with van der Waals surface area (Å²) in [6.07, 6.45) is 2.12. The molecule has 0 saturated heterocycles. The average Bonchev–Trinajstić information content (AvgIpc) is 2.98. The quantitative estimate of drug-likeness (QED) is 0.791. The lowest BCUT2D eigenvalue weighted by Crippen LogP contribution is -2.29. The molecule has 1 aromatic rings. The molecule has 0 aliphatic heterocycles. The third-order valence-electron chi connectivity index (χ3n) is 3.38. The van der Waals surface area contributed by atoms with Crippen LogP contribution in [0.2, 0.25) is 0 Å². The number of hydrogen-bond donors (Lipinski definition) is 2. The van der Waals surface area contributed by atoms with Gasteiger partial charge in [-0.25, -0.2) is 0 Å². The maximum atomic E-state index is 9.42. The lowest BCUT2D eigenvalue weighted by Gasteiger charge is -2.27. The largest absolute Gasteiger partial charge is 0.395 e. The Morgan fingerprint density at radius 3 is 2.47 bits per heavy atom. The van der Waals surface area contributed by atoms with Crippen LogP contribution in [0.25, 0.3) is 0 Å². The highest BCUT2D eigenvalue weighted by Gasteiger charge is 2.43. The minimum atomic E-state index is -0.203. The minimum absolute atomic E-state index is 0.122. The Labute approximate surface area is 91.1 Å². The topological polar surface area (TPSA) is 46.2 Å². The summed E-state index contributed by atoms with van der Waals surface area (Å²) in [5.41, 5.74) is 8.31. The summed E-state index contributed by atoms with van der Waals surface area (Å²) in [7, 11) is 0. The summed E-state index contributed by atoms with van der Waals surface area (Å²) in [6, 6.07) is 8.22. The van der Waals surface area contributed by atoms with E-state index in [9.17, 15) is 5.11 Å². The number of benzene rings is 1. The highest BCUT2D eigenvalue weighted by Crippen LogP contribution is 2.46. The van der Waals surface area contributed by atoms with Crippen molar-refractivity contribution in [3.63, 3.8) is 0 Å². The Balaban J connectivity index is 2.47. The van der Waals surface area contributed by atoms with Crippen molar-refractivity contribution < 1.29 is 5.11 Å². The van der Waals surface area contributed by atoms with Crippen LogP contribution in [-0.4, -0.2) is 11.7 Å². The molecule has 3 N–H and O–H groups in total. The molecule has 2 nitrogen and oxygen atoms in total. The second-order valence-corrected chi connectivity index (χ2v) is 5.24. The molecule has 1 aliphatic rings. The highest BCUT2D eigenvalue weighted by atomic mass is 16.3. The fourth-order valence-electron chi connectivity index (χ4n) is 2.00. The van der Waals surface area contributed by atoms with E-state index in [0.29, 0.717) is 0 Å². The minimum Gasteiger partial charge on any atom is -0.395 e. The van der Waals surface area contributed by atoms with Gasteiger partial charge in [0.25, 0.3) is 0 Å². The molecule has 0 radical (unpaired) electrons. The maximum Gasteiger partial charge on any atom is 0.0522 e. The van der Waals surface area contributed by atoms with E-state index in [4.69, 9.17) is 5.73 Å². The van der Waals surface area contributed by atoms with Crippen molar-refractivity contribution in [2.45, 2.75) is 37.6 Å². The molecule has 2 heteroatoms. The van der Waals surface area contributed by atoms with Gasteiger partial charge >= 0.3 is 0 Å². The molecule has 0 atom stereocenters. The fourth-order valence-corrected chi connectivity index (χ4v) is 2.00. The first-order valence-electron chi connectivity index (χ1n) is 5.49. The zero-order valence-corrected chi connectivity index (χ0v) is 9.46. The van der Waals surface area contributed by atoms with Gasteiger partial charge in [-0.3, -0.25) is 0 Å². The number of nitrogens with two attached hydrogens (primary N) is 1. The summed E-state index contributed by atoms with van der Waals surface area (Å²) in [6.45, 7) is 4.26. The van der Waals surface area contributed by atoms with Gasteiger partial charge in [0, 0.05) is 11.0 Å². The van der Waals surface area contributed by atoms with Crippen LogP contribution in [0.5, 0.6) is 0 Å². The Kier molecular flexibility index (Phi) is 2.36. The molecule has 0 unspecified atom stereocenters. The lowest BCUT2D eigenvalue weighted by atomic mass is 9.80. The standard InChI is InChI=1S/C13H19NO/c1-12(2,9-15)10-5-3-4-6-11(10)13(14)7-8-13/h3-6,15H,7-9,14H2,1-2H3. The maximum absolute atomic E-state index is 9.42. The van der Waals surface area contributed by atoms with Gasteiger partial charge in [0.15, 0.2) is 0 Å². The van der Waals surface area contributed by atoms with E-state index in [1.165, 1.54) is 11.1 Å². The van der Waals surface area contributed by atoms with Crippen LogP contribution in [0.3, 0.4) is 0 Å². The normalized spacial score (nSPS) is 18.9. The van der Waals surface area contributed by atoms with Gasteiger partial charge < -0.3 is 10.8 Å². The Morgan fingerprint density at radius 2 is 1.93 bits per heavy atom. The van der Waals surface area contributed by atoms with Gasteiger partial charge in [-0.2, -0.15) is 0 Å². The van der Waals surface area contributed by atoms with Crippen LogP contribution >= 0.6 is 0 Å². The molecule has 1 fully saturated rings. The summed E-state index contributed by atoms with van der Waals surface area (Å²) in [5, 5.41) is 9.42. The van der Waals surface area contributed by atoms with Gasteiger partial charge in [-0.05, 0) is 24.0 Å². The molecule has 0 heterocycles. The van der Waals surface area contributed by atoms with E-state index >= 15 is 0 Å². The summed E-state index contributed by atoms with van der Waals surface area (Å²) >= 11 is 0. The molecule has 15 heavy (non-hydrogen) atoms. The van der Waals surface area contributed by atoms with Gasteiger partial charge in [0.1, 0.15) is 0 Å². The van der Waals surface area contributed by atoms with E-state index < -0.39 is 0 Å². The first-order chi connectivity index (χ1) is 6.99. The third-order valence-corrected chi connectivity index (χ3v) is 3.38. The first kappa shape index (κ1) is 10.7. The highest BCUT2D eigenvalue weighted by molar-refractivity contribution is 5.41. The van der Waals surface area contributed by atoms with Crippen molar-refractivity contribution in [3.8, 4) is 0 Å². The SMILES string of the molecule is CC(C)(CO)c1ccccc1C1(N)CC1. The summed E-state index contributed by atoms with van der Waals surface area (Å²) < 4.78 is 0. The van der Waals surface area contributed by atoms with E-state index in [1.807, 2.05) is 12.1 Å². The van der Waals surface area contributed by atoms with Crippen LogP contribution in [0.15, 0.2) is 24.3 Å². The molecule has 82 valence electrons.